The number of rotatable bonds is 11. The second-order valence-corrected chi connectivity index (χ2v) is 9.96. The summed E-state index contributed by atoms with van der Waals surface area (Å²) in [7, 11) is -0.931. The summed E-state index contributed by atoms with van der Waals surface area (Å²) in [5.41, 5.74) is 1.73. The summed E-state index contributed by atoms with van der Waals surface area (Å²) in [6.07, 6.45) is 0.766. The molecule has 2 rings (SSSR count). The van der Waals surface area contributed by atoms with Crippen LogP contribution < -0.4 is 10.1 Å². The van der Waals surface area contributed by atoms with Gasteiger partial charge in [-0.1, -0.05) is 36.8 Å². The van der Waals surface area contributed by atoms with Gasteiger partial charge < -0.3 is 15.0 Å². The lowest BCUT2D eigenvalue weighted by Crippen LogP contribution is -2.50. The molecule has 0 fully saturated rings. The number of sulfonamides is 1. The van der Waals surface area contributed by atoms with Gasteiger partial charge in [0.2, 0.25) is 21.8 Å². The second-order valence-electron chi connectivity index (χ2n) is 7.91. The Balaban J connectivity index is 2.25. The van der Waals surface area contributed by atoms with E-state index in [0.717, 1.165) is 21.9 Å². The molecule has 0 radical (unpaired) electrons. The van der Waals surface area contributed by atoms with Crippen molar-refractivity contribution in [2.24, 2.45) is 0 Å². The van der Waals surface area contributed by atoms with Gasteiger partial charge in [0.15, 0.2) is 0 Å². The summed E-state index contributed by atoms with van der Waals surface area (Å²) in [5, 5.41) is 2.80. The topological polar surface area (TPSA) is 96.0 Å². The number of benzene rings is 2. The van der Waals surface area contributed by atoms with E-state index in [4.69, 9.17) is 4.74 Å². The molecule has 33 heavy (non-hydrogen) atoms. The zero-order valence-corrected chi connectivity index (χ0v) is 20.7. The Morgan fingerprint density at radius 1 is 1.06 bits per heavy atom. The summed E-state index contributed by atoms with van der Waals surface area (Å²) >= 11 is 0. The lowest BCUT2D eigenvalue weighted by molar-refractivity contribution is -0.140. The summed E-state index contributed by atoms with van der Waals surface area (Å²) in [6, 6.07) is 12.8. The maximum Gasteiger partial charge on any atom is 0.243 e. The fourth-order valence-electron chi connectivity index (χ4n) is 3.16. The SMILES string of the molecule is CCCNC(=O)[C@H](C)N(Cc1ccc(OC)cc1)C(=O)CN(C)S(=O)(=O)c1ccc(C)cc1. The fraction of sp³-hybridized carbons (Fsp3) is 0.417. The molecule has 9 heteroatoms. The minimum atomic E-state index is -3.86. The second kappa shape index (κ2) is 11.8. The van der Waals surface area contributed by atoms with Crippen LogP contribution in [-0.4, -0.2) is 62.7 Å². The largest absolute Gasteiger partial charge is 0.497 e. The van der Waals surface area contributed by atoms with Gasteiger partial charge in [-0.3, -0.25) is 9.59 Å². The van der Waals surface area contributed by atoms with Crippen molar-refractivity contribution in [1.29, 1.82) is 0 Å². The third-order valence-electron chi connectivity index (χ3n) is 5.32. The maximum atomic E-state index is 13.2. The van der Waals surface area contributed by atoms with Crippen LogP contribution in [0.1, 0.15) is 31.4 Å². The van der Waals surface area contributed by atoms with Crippen LogP contribution in [0.2, 0.25) is 0 Å². The van der Waals surface area contributed by atoms with Crippen LogP contribution in [0.5, 0.6) is 5.75 Å². The van der Waals surface area contributed by atoms with Crippen LogP contribution >= 0.6 is 0 Å². The van der Waals surface area contributed by atoms with Gasteiger partial charge in [0.05, 0.1) is 18.6 Å². The van der Waals surface area contributed by atoms with Crippen LogP contribution in [0.4, 0.5) is 0 Å². The van der Waals surface area contributed by atoms with Crippen molar-refractivity contribution in [3.05, 3.63) is 59.7 Å². The Bertz CT molecular complexity index is 1040. The average molecular weight is 476 g/mol. The van der Waals surface area contributed by atoms with E-state index >= 15 is 0 Å². The van der Waals surface area contributed by atoms with Gasteiger partial charge in [0.1, 0.15) is 11.8 Å². The molecule has 0 aliphatic rings. The van der Waals surface area contributed by atoms with Crippen molar-refractivity contribution in [3.63, 3.8) is 0 Å². The van der Waals surface area contributed by atoms with Crippen molar-refractivity contribution in [2.75, 3.05) is 27.2 Å². The van der Waals surface area contributed by atoms with Gasteiger partial charge in [-0.15, -0.1) is 0 Å². The standard InChI is InChI=1S/C24H33N3O5S/c1-6-15-25-24(29)19(3)27(16-20-9-11-21(32-5)12-10-20)23(28)17-26(4)33(30,31)22-13-7-18(2)8-14-22/h7-14,19H,6,15-17H2,1-5H3,(H,25,29)/t19-/m0/s1. The molecule has 8 nitrogen and oxygen atoms in total. The molecule has 0 heterocycles. The van der Waals surface area contributed by atoms with Gasteiger partial charge in [0, 0.05) is 20.1 Å². The Hall–Kier alpha value is -2.91. The van der Waals surface area contributed by atoms with Crippen molar-refractivity contribution in [1.82, 2.24) is 14.5 Å². The van der Waals surface area contributed by atoms with E-state index in [1.807, 2.05) is 26.0 Å². The Kier molecular flexibility index (Phi) is 9.43. The predicted octanol–water partition coefficient (Wildman–Crippen LogP) is 2.57. The molecule has 2 amide bonds. The van der Waals surface area contributed by atoms with E-state index < -0.39 is 28.5 Å². The molecule has 2 aromatic rings. The molecular formula is C24H33N3O5S. The third kappa shape index (κ3) is 7.03. The molecule has 0 unspecified atom stereocenters. The van der Waals surface area contributed by atoms with Gasteiger partial charge in [-0.05, 0) is 50.1 Å². The van der Waals surface area contributed by atoms with E-state index in [1.165, 1.54) is 24.1 Å². The maximum absolute atomic E-state index is 13.2. The number of methoxy groups -OCH3 is 1. The molecular weight excluding hydrogens is 442 g/mol. The smallest absolute Gasteiger partial charge is 0.243 e. The highest BCUT2D eigenvalue weighted by atomic mass is 32.2. The molecule has 0 aliphatic carbocycles. The van der Waals surface area contributed by atoms with Gasteiger partial charge >= 0.3 is 0 Å². The highest BCUT2D eigenvalue weighted by molar-refractivity contribution is 7.89. The number of amides is 2. The van der Waals surface area contributed by atoms with E-state index in [2.05, 4.69) is 5.32 Å². The summed E-state index contributed by atoms with van der Waals surface area (Å²) in [5.74, 6) is -0.0831. The van der Waals surface area contributed by atoms with E-state index in [1.54, 1.807) is 38.3 Å². The van der Waals surface area contributed by atoms with Crippen LogP contribution in [0.3, 0.4) is 0 Å². The van der Waals surface area contributed by atoms with Crippen molar-refractivity contribution >= 4 is 21.8 Å². The number of carbonyl (C=O) groups is 2. The molecule has 0 aromatic heterocycles. The third-order valence-corrected chi connectivity index (χ3v) is 7.13. The number of hydrogen-bond acceptors (Lipinski definition) is 5. The Labute approximate surface area is 196 Å². The number of hydrogen-bond donors (Lipinski definition) is 1. The van der Waals surface area contributed by atoms with Crippen molar-refractivity contribution in [3.8, 4) is 5.75 Å². The Morgan fingerprint density at radius 3 is 2.21 bits per heavy atom. The zero-order valence-electron chi connectivity index (χ0n) is 19.9. The normalized spacial score (nSPS) is 12.3. The first-order valence-corrected chi connectivity index (χ1v) is 12.3. The quantitative estimate of drug-likeness (QED) is 0.539. The lowest BCUT2D eigenvalue weighted by atomic mass is 10.1. The first-order chi connectivity index (χ1) is 15.6. The lowest BCUT2D eigenvalue weighted by Gasteiger charge is -2.30. The van der Waals surface area contributed by atoms with Gasteiger partial charge in [-0.2, -0.15) is 4.31 Å². The minimum Gasteiger partial charge on any atom is -0.497 e. The molecule has 1 atom stereocenters. The fourth-order valence-corrected chi connectivity index (χ4v) is 4.28. The Morgan fingerprint density at radius 2 is 1.67 bits per heavy atom. The number of aryl methyl sites for hydroxylation is 1. The van der Waals surface area contributed by atoms with Gasteiger partial charge in [-0.25, -0.2) is 8.42 Å². The van der Waals surface area contributed by atoms with E-state index in [0.29, 0.717) is 12.3 Å². The number of nitrogens with zero attached hydrogens (tertiary/aromatic N) is 2. The highest BCUT2D eigenvalue weighted by Crippen LogP contribution is 2.18. The minimum absolute atomic E-state index is 0.110. The number of ether oxygens (including phenoxy) is 1. The molecule has 2 aromatic carbocycles. The molecule has 0 spiro atoms. The van der Waals surface area contributed by atoms with Crippen LogP contribution in [-0.2, 0) is 26.2 Å². The first kappa shape index (κ1) is 26.3. The van der Waals surface area contributed by atoms with Crippen molar-refractivity contribution in [2.45, 2.75) is 44.7 Å². The summed E-state index contributed by atoms with van der Waals surface area (Å²) in [6.45, 7) is 5.71. The van der Waals surface area contributed by atoms with Crippen LogP contribution in [0.15, 0.2) is 53.4 Å². The van der Waals surface area contributed by atoms with Gasteiger partial charge in [0.25, 0.3) is 0 Å². The molecule has 180 valence electrons. The monoisotopic (exact) mass is 475 g/mol. The van der Waals surface area contributed by atoms with E-state index in [9.17, 15) is 18.0 Å². The molecule has 0 saturated carbocycles. The molecule has 1 N–H and O–H groups in total. The molecule has 0 bridgehead atoms. The van der Waals surface area contributed by atoms with Crippen LogP contribution in [0, 0.1) is 6.92 Å². The molecule has 0 saturated heterocycles. The first-order valence-electron chi connectivity index (χ1n) is 10.8. The highest BCUT2D eigenvalue weighted by Gasteiger charge is 2.30. The van der Waals surface area contributed by atoms with Crippen molar-refractivity contribution < 1.29 is 22.7 Å². The predicted molar refractivity (Wildman–Crippen MR) is 127 cm³/mol. The summed E-state index contributed by atoms with van der Waals surface area (Å²) in [4.78, 5) is 27.4. The van der Waals surface area contributed by atoms with Crippen LogP contribution in [0.25, 0.3) is 0 Å². The number of carbonyl (C=O) groups excluding carboxylic acids is 2. The number of likely N-dealkylation sites (N-methyl/N-ethyl adjacent to an activating group) is 1. The molecule has 0 aliphatic heterocycles. The number of nitrogens with one attached hydrogen (secondary N) is 1. The average Bonchev–Trinajstić information content (AvgIpc) is 2.81. The van der Waals surface area contributed by atoms with E-state index in [-0.39, 0.29) is 17.3 Å². The summed E-state index contributed by atoms with van der Waals surface area (Å²) < 4.78 is 32.1. The zero-order chi connectivity index (χ0) is 24.6.